The number of para-hydroxylation sites is 1. The molecule has 0 fully saturated rings. The van der Waals surface area contributed by atoms with E-state index in [1.54, 1.807) is 18.3 Å². The van der Waals surface area contributed by atoms with Gasteiger partial charge in [0, 0.05) is 22.0 Å². The van der Waals surface area contributed by atoms with Crippen molar-refractivity contribution in [2.24, 2.45) is 5.92 Å². The minimum atomic E-state index is -1.20. The molecule has 2 unspecified atom stereocenters. The number of methoxy groups -OCH3 is 1. The first kappa shape index (κ1) is 15.7. The number of nitro groups is 1. The number of ketones is 1. The van der Waals surface area contributed by atoms with Crippen LogP contribution in [-0.2, 0) is 14.3 Å². The second-order valence-electron chi connectivity index (χ2n) is 5.02. The fraction of sp³-hybridized carbons (Fsp3) is 0.333. The molecule has 0 saturated heterocycles. The van der Waals surface area contributed by atoms with Crippen LogP contribution in [-0.4, -0.2) is 35.3 Å². The molecule has 0 spiro atoms. The number of esters is 1. The summed E-state index contributed by atoms with van der Waals surface area (Å²) in [5, 5.41) is 11.8. The van der Waals surface area contributed by atoms with Crippen LogP contribution in [0.5, 0.6) is 0 Å². The normalized spacial score (nSPS) is 13.5. The van der Waals surface area contributed by atoms with Crippen LogP contribution >= 0.6 is 0 Å². The van der Waals surface area contributed by atoms with Crippen molar-refractivity contribution in [2.75, 3.05) is 13.7 Å². The predicted octanol–water partition coefficient (Wildman–Crippen LogP) is 1.91. The van der Waals surface area contributed by atoms with Gasteiger partial charge in [0.1, 0.15) is 11.7 Å². The first-order chi connectivity index (χ1) is 10.5. The average Bonchev–Trinajstić information content (AvgIpc) is 2.89. The number of nitrogens with zero attached hydrogens (tertiary/aromatic N) is 1. The molecule has 1 heterocycles. The van der Waals surface area contributed by atoms with Gasteiger partial charge in [-0.2, -0.15) is 0 Å². The molecule has 0 amide bonds. The van der Waals surface area contributed by atoms with Gasteiger partial charge >= 0.3 is 5.97 Å². The van der Waals surface area contributed by atoms with Gasteiger partial charge in [-0.05, 0) is 18.6 Å². The van der Waals surface area contributed by atoms with Crippen molar-refractivity contribution < 1.29 is 19.2 Å². The molecule has 2 rings (SSSR count). The largest absolute Gasteiger partial charge is 0.468 e. The monoisotopic (exact) mass is 304 g/mol. The van der Waals surface area contributed by atoms with Crippen LogP contribution in [0.3, 0.4) is 0 Å². The van der Waals surface area contributed by atoms with Gasteiger partial charge in [-0.25, -0.2) is 0 Å². The topological polar surface area (TPSA) is 102 Å². The third-order valence-electron chi connectivity index (χ3n) is 3.66. The van der Waals surface area contributed by atoms with Crippen molar-refractivity contribution in [3.8, 4) is 0 Å². The Bertz CT molecular complexity index is 722. The van der Waals surface area contributed by atoms with E-state index in [0.717, 1.165) is 18.0 Å². The summed E-state index contributed by atoms with van der Waals surface area (Å²) >= 11 is 0. The van der Waals surface area contributed by atoms with Crippen molar-refractivity contribution in [3.05, 3.63) is 46.1 Å². The van der Waals surface area contributed by atoms with E-state index >= 15 is 0 Å². The molecular formula is C15H16N2O5. The smallest absolute Gasteiger partial charge is 0.317 e. The molecule has 0 aliphatic rings. The summed E-state index contributed by atoms with van der Waals surface area (Å²) in [6.45, 7) is 0.713. The van der Waals surface area contributed by atoms with E-state index in [9.17, 15) is 19.7 Å². The zero-order valence-electron chi connectivity index (χ0n) is 12.2. The maximum absolute atomic E-state index is 11.9. The van der Waals surface area contributed by atoms with Gasteiger partial charge in [0.05, 0.1) is 13.0 Å². The zero-order valence-corrected chi connectivity index (χ0v) is 12.2. The minimum Gasteiger partial charge on any atom is -0.468 e. The lowest BCUT2D eigenvalue weighted by Crippen LogP contribution is -2.33. The van der Waals surface area contributed by atoms with Gasteiger partial charge in [-0.15, -0.1) is 0 Å². The number of carbonyl (C=O) groups excluding carboxylic acids is 2. The fourth-order valence-corrected chi connectivity index (χ4v) is 2.69. The minimum absolute atomic E-state index is 0.455. The Hall–Kier alpha value is -2.70. The van der Waals surface area contributed by atoms with Crippen molar-refractivity contribution in [2.45, 2.75) is 12.8 Å². The highest BCUT2D eigenvalue weighted by molar-refractivity contribution is 5.99. The highest BCUT2D eigenvalue weighted by Crippen LogP contribution is 2.32. The summed E-state index contributed by atoms with van der Waals surface area (Å²) < 4.78 is 4.65. The summed E-state index contributed by atoms with van der Waals surface area (Å²) in [5.41, 5.74) is 1.36. The van der Waals surface area contributed by atoms with Crippen LogP contribution in [0, 0.1) is 16.0 Å². The summed E-state index contributed by atoms with van der Waals surface area (Å²) in [6.07, 6.45) is 1.61. The number of aromatic amines is 1. The lowest BCUT2D eigenvalue weighted by molar-refractivity contribution is -0.484. The Morgan fingerprint density at radius 3 is 2.64 bits per heavy atom. The first-order valence-electron chi connectivity index (χ1n) is 6.71. The van der Waals surface area contributed by atoms with Gasteiger partial charge in [-0.3, -0.25) is 19.7 Å². The van der Waals surface area contributed by atoms with Gasteiger partial charge in [0.2, 0.25) is 6.54 Å². The van der Waals surface area contributed by atoms with Gasteiger partial charge < -0.3 is 9.72 Å². The maximum atomic E-state index is 11.9. The average molecular weight is 304 g/mol. The number of rotatable bonds is 6. The highest BCUT2D eigenvalue weighted by Gasteiger charge is 2.38. The molecule has 7 nitrogen and oxygen atoms in total. The van der Waals surface area contributed by atoms with E-state index in [1.165, 1.54) is 6.92 Å². The quantitative estimate of drug-likeness (QED) is 0.380. The van der Waals surface area contributed by atoms with Crippen LogP contribution in [0.1, 0.15) is 18.4 Å². The van der Waals surface area contributed by atoms with E-state index < -0.39 is 35.1 Å². The molecule has 0 bridgehead atoms. The lowest BCUT2D eigenvalue weighted by Gasteiger charge is -2.19. The molecule has 7 heteroatoms. The van der Waals surface area contributed by atoms with Crippen LogP contribution in [0.4, 0.5) is 0 Å². The molecule has 2 aromatic rings. The first-order valence-corrected chi connectivity index (χ1v) is 6.71. The number of Topliss-reactive ketones (excluding diaryl/α,β-unsaturated/α-hetero) is 1. The van der Waals surface area contributed by atoms with Crippen molar-refractivity contribution >= 4 is 22.7 Å². The van der Waals surface area contributed by atoms with Crippen molar-refractivity contribution in [3.63, 3.8) is 0 Å². The maximum Gasteiger partial charge on any atom is 0.317 e. The summed E-state index contributed by atoms with van der Waals surface area (Å²) in [6, 6.07) is 7.24. The van der Waals surface area contributed by atoms with Crippen molar-refractivity contribution in [1.29, 1.82) is 0 Å². The third kappa shape index (κ3) is 2.98. The molecular weight excluding hydrogens is 288 g/mol. The molecule has 22 heavy (non-hydrogen) atoms. The number of hydrogen-bond acceptors (Lipinski definition) is 5. The molecule has 0 saturated carbocycles. The summed E-state index contributed by atoms with van der Waals surface area (Å²) in [5.74, 6) is -3.29. The Kier molecular flexibility index (Phi) is 4.55. The molecule has 116 valence electrons. The van der Waals surface area contributed by atoms with Gasteiger partial charge in [-0.1, -0.05) is 18.2 Å². The molecule has 1 N–H and O–H groups in total. The van der Waals surface area contributed by atoms with E-state index in [1.807, 2.05) is 12.1 Å². The number of benzene rings is 1. The molecule has 0 aliphatic carbocycles. The second kappa shape index (κ2) is 6.38. The number of aromatic nitrogens is 1. The van der Waals surface area contributed by atoms with Crippen LogP contribution < -0.4 is 0 Å². The molecule has 2 atom stereocenters. The number of ether oxygens (including phenoxy) is 1. The standard InChI is InChI=1S/C15H16N2O5/c1-9(18)14(15(19)22-2)12(8-17(20)21)11-7-16-13-6-4-3-5-10(11)13/h3-7,12,14,16H,8H2,1-2H3. The highest BCUT2D eigenvalue weighted by atomic mass is 16.6. The zero-order chi connectivity index (χ0) is 16.3. The second-order valence-corrected chi connectivity index (χ2v) is 5.02. The SMILES string of the molecule is COC(=O)C(C(C)=O)C(C[N+](=O)[O-])c1c[nH]c2ccccc12. The van der Waals surface area contributed by atoms with Crippen LogP contribution in [0.2, 0.25) is 0 Å². The lowest BCUT2D eigenvalue weighted by atomic mass is 9.83. The van der Waals surface area contributed by atoms with Gasteiger partial charge in [0.25, 0.3) is 0 Å². The Balaban J connectivity index is 2.56. The number of fused-ring (bicyclic) bond motifs is 1. The van der Waals surface area contributed by atoms with E-state index in [4.69, 9.17) is 0 Å². The van der Waals surface area contributed by atoms with E-state index in [-0.39, 0.29) is 0 Å². The number of carbonyl (C=O) groups is 2. The van der Waals surface area contributed by atoms with E-state index in [2.05, 4.69) is 9.72 Å². The number of nitrogens with one attached hydrogen (secondary N) is 1. The summed E-state index contributed by atoms with van der Waals surface area (Å²) in [4.78, 5) is 37.3. The molecule has 1 aromatic carbocycles. The van der Waals surface area contributed by atoms with Crippen LogP contribution in [0.25, 0.3) is 10.9 Å². The summed E-state index contributed by atoms with van der Waals surface area (Å²) in [7, 11) is 1.16. The Morgan fingerprint density at radius 2 is 2.05 bits per heavy atom. The predicted molar refractivity (Wildman–Crippen MR) is 79.1 cm³/mol. The van der Waals surface area contributed by atoms with Gasteiger partial charge in [0.15, 0.2) is 0 Å². The fourth-order valence-electron chi connectivity index (χ4n) is 2.69. The van der Waals surface area contributed by atoms with E-state index in [0.29, 0.717) is 5.56 Å². The van der Waals surface area contributed by atoms with Crippen molar-refractivity contribution in [1.82, 2.24) is 4.98 Å². The third-order valence-corrected chi connectivity index (χ3v) is 3.66. The molecule has 0 aliphatic heterocycles. The molecule has 1 aromatic heterocycles. The molecule has 0 radical (unpaired) electrons. The number of H-pyrrole nitrogens is 1. The number of hydrogen-bond donors (Lipinski definition) is 1. The Morgan fingerprint density at radius 1 is 1.36 bits per heavy atom. The Labute approximate surface area is 126 Å². The van der Waals surface area contributed by atoms with Crippen LogP contribution in [0.15, 0.2) is 30.5 Å².